The molecule has 0 atom stereocenters. The Morgan fingerprint density at radius 2 is 1.89 bits per heavy atom. The molecule has 0 radical (unpaired) electrons. The van der Waals surface area contributed by atoms with E-state index in [-0.39, 0.29) is 11.9 Å². The van der Waals surface area contributed by atoms with Gasteiger partial charge in [-0.1, -0.05) is 17.7 Å². The molecule has 0 aliphatic rings. The van der Waals surface area contributed by atoms with Gasteiger partial charge < -0.3 is 16.8 Å². The molecule has 0 fully saturated rings. The summed E-state index contributed by atoms with van der Waals surface area (Å²) < 4.78 is 0. The van der Waals surface area contributed by atoms with Gasteiger partial charge in [0.05, 0.1) is 22.0 Å². The highest BCUT2D eigenvalue weighted by molar-refractivity contribution is 6.34. The molecule has 0 unspecified atom stereocenters. The third-order valence-corrected chi connectivity index (χ3v) is 4.33. The van der Waals surface area contributed by atoms with Crippen molar-refractivity contribution in [3.8, 4) is 22.4 Å². The Balaban J connectivity index is 2.21. The monoisotopic (exact) mass is 382 g/mol. The lowest BCUT2D eigenvalue weighted by Gasteiger charge is -2.14. The maximum Gasteiger partial charge on any atom is 0.252 e. The van der Waals surface area contributed by atoms with Crippen LogP contribution in [0.25, 0.3) is 22.4 Å². The van der Waals surface area contributed by atoms with Crippen molar-refractivity contribution in [3.63, 3.8) is 0 Å². The normalized spacial score (nSPS) is 10.6. The highest BCUT2D eigenvalue weighted by Crippen LogP contribution is 2.34. The van der Waals surface area contributed by atoms with Crippen LogP contribution < -0.4 is 16.8 Å². The quantitative estimate of drug-likeness (QED) is 0.637. The third-order valence-electron chi connectivity index (χ3n) is 4.00. The molecule has 2 heterocycles. The number of halogens is 1. The minimum Gasteiger partial charge on any atom is -0.384 e. The lowest BCUT2D eigenvalue weighted by molar-refractivity contribution is 0.0956. The van der Waals surface area contributed by atoms with Gasteiger partial charge in [-0.15, -0.1) is 0 Å². The molecule has 0 saturated heterocycles. The summed E-state index contributed by atoms with van der Waals surface area (Å²) in [7, 11) is 0. The van der Waals surface area contributed by atoms with Gasteiger partial charge in [0.1, 0.15) is 5.82 Å². The first-order valence-corrected chi connectivity index (χ1v) is 8.72. The number of anilines is 2. The fourth-order valence-electron chi connectivity index (χ4n) is 2.80. The van der Waals surface area contributed by atoms with Gasteiger partial charge in [-0.25, -0.2) is 15.0 Å². The Hall–Kier alpha value is -3.19. The maximum atomic E-state index is 12.3. The second kappa shape index (κ2) is 7.59. The van der Waals surface area contributed by atoms with Crippen molar-refractivity contribution in [1.82, 2.24) is 20.3 Å². The van der Waals surface area contributed by atoms with Crippen LogP contribution in [0.2, 0.25) is 5.02 Å². The number of aryl methyl sites for hydroxylation is 1. The van der Waals surface area contributed by atoms with Crippen molar-refractivity contribution >= 4 is 29.3 Å². The zero-order valence-corrected chi connectivity index (χ0v) is 15.7. The van der Waals surface area contributed by atoms with E-state index in [0.717, 1.165) is 11.1 Å². The molecule has 0 spiro atoms. The summed E-state index contributed by atoms with van der Waals surface area (Å²) >= 11 is 6.21. The van der Waals surface area contributed by atoms with Gasteiger partial charge in [0.25, 0.3) is 5.91 Å². The predicted octanol–water partition coefficient (Wildman–Crippen LogP) is 3.08. The van der Waals surface area contributed by atoms with Gasteiger partial charge in [-0.2, -0.15) is 0 Å². The summed E-state index contributed by atoms with van der Waals surface area (Å²) in [5.74, 6) is 0.308. The number of nitrogen functional groups attached to an aromatic ring is 2. The molecule has 3 aromatic rings. The molecule has 138 valence electrons. The second-order valence-corrected chi connectivity index (χ2v) is 6.32. The number of aromatic nitrogens is 3. The summed E-state index contributed by atoms with van der Waals surface area (Å²) in [6, 6.07) is 8.70. The number of nitrogens with zero attached hydrogens (tertiary/aromatic N) is 3. The molecule has 8 heteroatoms. The van der Waals surface area contributed by atoms with E-state index in [1.807, 2.05) is 19.9 Å². The number of carbonyl (C=O) groups excluding carboxylic acids is 1. The number of nitrogens with one attached hydrogen (secondary N) is 1. The summed E-state index contributed by atoms with van der Waals surface area (Å²) in [4.78, 5) is 25.1. The number of pyridine rings is 1. The minimum atomic E-state index is -0.251. The number of amides is 1. The molecular weight excluding hydrogens is 364 g/mol. The largest absolute Gasteiger partial charge is 0.384 e. The Labute approximate surface area is 161 Å². The Morgan fingerprint density at radius 3 is 2.56 bits per heavy atom. The smallest absolute Gasteiger partial charge is 0.252 e. The summed E-state index contributed by atoms with van der Waals surface area (Å²) in [6.45, 7) is 4.19. The van der Waals surface area contributed by atoms with Crippen LogP contribution in [-0.2, 0) is 0 Å². The molecule has 2 aromatic heterocycles. The molecular formula is C19H19ClN6O. The molecule has 7 nitrogen and oxygen atoms in total. The number of hydrogen-bond acceptors (Lipinski definition) is 6. The van der Waals surface area contributed by atoms with E-state index < -0.39 is 0 Å². The second-order valence-electron chi connectivity index (χ2n) is 5.92. The van der Waals surface area contributed by atoms with E-state index in [0.29, 0.717) is 39.9 Å². The Kier molecular flexibility index (Phi) is 5.23. The first kappa shape index (κ1) is 18.6. The van der Waals surface area contributed by atoms with Gasteiger partial charge in [0.2, 0.25) is 5.95 Å². The number of rotatable bonds is 4. The molecule has 5 N–H and O–H groups in total. The number of hydrogen-bond donors (Lipinski definition) is 3. The van der Waals surface area contributed by atoms with Gasteiger partial charge in [0, 0.05) is 29.4 Å². The zero-order chi connectivity index (χ0) is 19.6. The molecule has 0 saturated carbocycles. The van der Waals surface area contributed by atoms with Crippen molar-refractivity contribution in [3.05, 3.63) is 52.8 Å². The topological polar surface area (TPSA) is 120 Å². The SMILES string of the molecule is CCNC(=O)c1cc(-c2nc(N)nc(C)c2-c2ccc(N)nc2)ccc1Cl. The molecule has 0 aliphatic heterocycles. The molecule has 0 bridgehead atoms. The lowest BCUT2D eigenvalue weighted by Crippen LogP contribution is -2.23. The predicted molar refractivity (Wildman–Crippen MR) is 107 cm³/mol. The molecule has 0 aliphatic carbocycles. The third kappa shape index (κ3) is 3.83. The minimum absolute atomic E-state index is 0.143. The van der Waals surface area contributed by atoms with Crippen molar-refractivity contribution in [2.75, 3.05) is 18.0 Å². The van der Waals surface area contributed by atoms with Crippen LogP contribution in [0.15, 0.2) is 36.5 Å². The number of benzene rings is 1. The van der Waals surface area contributed by atoms with Gasteiger partial charge >= 0.3 is 0 Å². The van der Waals surface area contributed by atoms with Crippen LogP contribution in [0.3, 0.4) is 0 Å². The molecule has 1 amide bonds. The fraction of sp³-hybridized carbons (Fsp3) is 0.158. The van der Waals surface area contributed by atoms with Crippen LogP contribution in [-0.4, -0.2) is 27.4 Å². The first-order valence-electron chi connectivity index (χ1n) is 8.34. The number of carbonyl (C=O) groups is 1. The highest BCUT2D eigenvalue weighted by Gasteiger charge is 2.18. The van der Waals surface area contributed by atoms with Crippen LogP contribution in [0, 0.1) is 6.92 Å². The van der Waals surface area contributed by atoms with Gasteiger partial charge in [0.15, 0.2) is 0 Å². The van der Waals surface area contributed by atoms with Crippen molar-refractivity contribution < 1.29 is 4.79 Å². The van der Waals surface area contributed by atoms with Crippen molar-refractivity contribution in [2.45, 2.75) is 13.8 Å². The first-order chi connectivity index (χ1) is 12.9. The summed E-state index contributed by atoms with van der Waals surface area (Å²) in [5, 5.41) is 3.11. The van der Waals surface area contributed by atoms with Crippen LogP contribution in [0.4, 0.5) is 11.8 Å². The zero-order valence-electron chi connectivity index (χ0n) is 15.0. The molecule has 3 rings (SSSR count). The Morgan fingerprint density at radius 1 is 1.15 bits per heavy atom. The fourth-order valence-corrected chi connectivity index (χ4v) is 3.01. The van der Waals surface area contributed by atoms with Crippen LogP contribution >= 0.6 is 11.6 Å². The highest BCUT2D eigenvalue weighted by atomic mass is 35.5. The van der Waals surface area contributed by atoms with E-state index in [1.165, 1.54) is 0 Å². The van der Waals surface area contributed by atoms with Gasteiger partial charge in [-0.05, 0) is 38.1 Å². The summed E-state index contributed by atoms with van der Waals surface area (Å²) in [6.07, 6.45) is 1.65. The number of nitrogens with two attached hydrogens (primary N) is 2. The van der Waals surface area contributed by atoms with Crippen molar-refractivity contribution in [2.24, 2.45) is 0 Å². The lowest BCUT2D eigenvalue weighted by atomic mass is 9.97. The summed E-state index contributed by atoms with van der Waals surface area (Å²) in [5.41, 5.74) is 15.5. The van der Waals surface area contributed by atoms with Gasteiger partial charge in [-0.3, -0.25) is 4.79 Å². The van der Waals surface area contributed by atoms with E-state index in [1.54, 1.807) is 30.5 Å². The van der Waals surface area contributed by atoms with E-state index >= 15 is 0 Å². The average molecular weight is 383 g/mol. The van der Waals surface area contributed by atoms with Crippen LogP contribution in [0.1, 0.15) is 23.0 Å². The van der Waals surface area contributed by atoms with E-state index in [2.05, 4.69) is 20.3 Å². The maximum absolute atomic E-state index is 12.3. The standard InChI is InChI=1S/C19H19ClN6O/c1-3-23-18(27)13-8-11(4-6-14(13)20)17-16(10(2)25-19(22)26-17)12-5-7-15(21)24-9-12/h4-9H,3H2,1-2H3,(H2,21,24)(H,23,27)(H2,22,25,26). The van der Waals surface area contributed by atoms with Crippen LogP contribution in [0.5, 0.6) is 0 Å². The molecule has 27 heavy (non-hydrogen) atoms. The van der Waals surface area contributed by atoms with Crippen molar-refractivity contribution in [1.29, 1.82) is 0 Å². The average Bonchev–Trinajstić information content (AvgIpc) is 2.63. The Bertz CT molecular complexity index is 1000. The van der Waals surface area contributed by atoms with E-state index in [4.69, 9.17) is 23.1 Å². The van der Waals surface area contributed by atoms with E-state index in [9.17, 15) is 4.79 Å². The molecule has 1 aromatic carbocycles.